The molecule has 2 N–H and O–H groups in total. The minimum atomic E-state index is -3.33. The molecule has 1 amide bonds. The number of nitrogens with one attached hydrogen (secondary N) is 2. The van der Waals surface area contributed by atoms with Crippen LogP contribution in [0.15, 0.2) is 58.7 Å². The number of hydrogen-bond acceptors (Lipinski definition) is 9. The van der Waals surface area contributed by atoms with Gasteiger partial charge in [-0.05, 0) is 24.3 Å². The number of aryl methyl sites for hydroxylation is 1. The van der Waals surface area contributed by atoms with Crippen LogP contribution in [0.5, 0.6) is 0 Å². The number of carbonyl (C=O) groups is 1. The highest BCUT2D eigenvalue weighted by Crippen LogP contribution is 2.26. The molecule has 0 aliphatic rings. The summed E-state index contributed by atoms with van der Waals surface area (Å²) < 4.78 is 30.2. The van der Waals surface area contributed by atoms with E-state index in [4.69, 9.17) is 4.52 Å². The average molecular weight is 471 g/mol. The van der Waals surface area contributed by atoms with E-state index in [2.05, 4.69) is 30.1 Å². The van der Waals surface area contributed by atoms with Crippen LogP contribution in [-0.2, 0) is 21.2 Å². The van der Waals surface area contributed by atoms with E-state index in [1.807, 2.05) is 11.4 Å². The topological polar surface area (TPSA) is 140 Å². The van der Waals surface area contributed by atoms with E-state index in [0.717, 1.165) is 17.4 Å². The monoisotopic (exact) mass is 470 g/mol. The van der Waals surface area contributed by atoms with Crippen molar-refractivity contribution in [1.29, 1.82) is 0 Å². The molecule has 3 heterocycles. The van der Waals surface area contributed by atoms with E-state index in [0.29, 0.717) is 34.6 Å². The molecule has 10 nitrogen and oxygen atoms in total. The maximum atomic E-state index is 12.3. The summed E-state index contributed by atoms with van der Waals surface area (Å²) in [5.41, 5.74) is 2.68. The first-order valence-corrected chi connectivity index (χ1v) is 12.2. The van der Waals surface area contributed by atoms with Crippen molar-refractivity contribution in [3.05, 3.63) is 60.1 Å². The Morgan fingerprint density at radius 1 is 1.12 bits per heavy atom. The van der Waals surface area contributed by atoms with Crippen molar-refractivity contribution in [2.45, 2.75) is 12.8 Å². The van der Waals surface area contributed by atoms with Crippen molar-refractivity contribution >= 4 is 38.1 Å². The third kappa shape index (κ3) is 5.74. The summed E-state index contributed by atoms with van der Waals surface area (Å²) in [5.74, 6) is 0.567. The zero-order valence-electron chi connectivity index (χ0n) is 16.8. The molecule has 0 bridgehead atoms. The van der Waals surface area contributed by atoms with E-state index < -0.39 is 10.0 Å². The Bertz CT molecular complexity index is 1320. The van der Waals surface area contributed by atoms with Crippen molar-refractivity contribution in [2.75, 3.05) is 16.3 Å². The summed E-state index contributed by atoms with van der Waals surface area (Å²) in [7, 11) is -3.33. The van der Waals surface area contributed by atoms with Crippen molar-refractivity contribution < 1.29 is 17.7 Å². The van der Waals surface area contributed by atoms with E-state index >= 15 is 0 Å². The minimum absolute atomic E-state index is 0.162. The number of aromatic nitrogens is 4. The number of anilines is 2. The Morgan fingerprint density at radius 3 is 2.66 bits per heavy atom. The highest BCUT2D eigenvalue weighted by molar-refractivity contribution is 7.92. The molecule has 0 spiro atoms. The lowest BCUT2D eigenvalue weighted by Gasteiger charge is -2.04. The SMILES string of the molecule is CS(=O)(=O)Nc1ccc(-c2csc(NC(=O)CCc3nc(-c4cccnc4)no3)n2)cc1. The third-order valence-corrected chi connectivity index (χ3v) is 5.55. The number of nitrogens with zero attached hydrogens (tertiary/aromatic N) is 4. The van der Waals surface area contributed by atoms with Gasteiger partial charge in [0.25, 0.3) is 0 Å². The van der Waals surface area contributed by atoms with Gasteiger partial charge < -0.3 is 9.84 Å². The number of rotatable bonds is 8. The second-order valence-corrected chi connectivity index (χ2v) is 9.40. The quantitative estimate of drug-likeness (QED) is 0.400. The van der Waals surface area contributed by atoms with Gasteiger partial charge in [-0.25, -0.2) is 13.4 Å². The molecule has 164 valence electrons. The maximum Gasteiger partial charge on any atom is 0.229 e. The van der Waals surface area contributed by atoms with Gasteiger partial charge in [-0.2, -0.15) is 4.98 Å². The first-order valence-electron chi connectivity index (χ1n) is 9.42. The highest BCUT2D eigenvalue weighted by atomic mass is 32.2. The van der Waals surface area contributed by atoms with Crippen LogP contribution in [-0.4, -0.2) is 40.7 Å². The molecule has 3 aromatic heterocycles. The summed E-state index contributed by atoms with van der Waals surface area (Å²) in [4.78, 5) is 25.0. The molecule has 0 saturated heterocycles. The standard InChI is InChI=1S/C20H18N6O4S2/c1-32(28,29)26-15-6-4-13(5-7-15)16-12-31-20(22-16)23-17(27)8-9-18-24-19(25-30-18)14-3-2-10-21-11-14/h2-7,10-12,26H,8-9H2,1H3,(H,22,23,27). The predicted octanol–water partition coefficient (Wildman–Crippen LogP) is 3.20. The van der Waals surface area contributed by atoms with E-state index in [1.165, 1.54) is 11.3 Å². The number of thiazole rings is 1. The normalized spacial score (nSPS) is 11.3. The van der Waals surface area contributed by atoms with Gasteiger partial charge in [-0.3, -0.25) is 14.5 Å². The van der Waals surface area contributed by atoms with Crippen molar-refractivity contribution in [1.82, 2.24) is 20.1 Å². The Hall–Kier alpha value is -3.64. The average Bonchev–Trinajstić information content (AvgIpc) is 3.42. The lowest BCUT2D eigenvalue weighted by molar-refractivity contribution is -0.116. The number of carbonyl (C=O) groups excluding carboxylic acids is 1. The van der Waals surface area contributed by atoms with Gasteiger partial charge in [0, 0.05) is 47.4 Å². The summed E-state index contributed by atoms with van der Waals surface area (Å²) in [6.07, 6.45) is 4.84. The largest absolute Gasteiger partial charge is 0.339 e. The van der Waals surface area contributed by atoms with Crippen LogP contribution in [0.25, 0.3) is 22.6 Å². The lowest BCUT2D eigenvalue weighted by atomic mass is 10.1. The van der Waals surface area contributed by atoms with E-state index in [-0.39, 0.29) is 12.3 Å². The molecule has 0 saturated carbocycles. The maximum absolute atomic E-state index is 12.3. The van der Waals surface area contributed by atoms with Crippen LogP contribution in [0, 0.1) is 0 Å². The van der Waals surface area contributed by atoms with Crippen molar-refractivity contribution in [3.8, 4) is 22.6 Å². The lowest BCUT2D eigenvalue weighted by Crippen LogP contribution is -2.12. The predicted molar refractivity (Wildman–Crippen MR) is 120 cm³/mol. The molecule has 0 fully saturated rings. The van der Waals surface area contributed by atoms with E-state index in [9.17, 15) is 13.2 Å². The number of pyridine rings is 1. The Labute approximate surface area is 187 Å². The van der Waals surface area contributed by atoms with Gasteiger partial charge in [-0.15, -0.1) is 11.3 Å². The zero-order chi connectivity index (χ0) is 22.6. The molecule has 0 atom stereocenters. The molecule has 4 aromatic rings. The van der Waals surface area contributed by atoms with Crippen molar-refractivity contribution in [3.63, 3.8) is 0 Å². The number of hydrogen-bond donors (Lipinski definition) is 2. The fourth-order valence-corrected chi connectivity index (χ4v) is 4.06. The van der Waals surface area contributed by atoms with Crippen LogP contribution in [0.1, 0.15) is 12.3 Å². The van der Waals surface area contributed by atoms with Gasteiger partial charge >= 0.3 is 0 Å². The molecular formula is C20H18N6O4S2. The summed E-state index contributed by atoms with van der Waals surface area (Å²) in [5, 5.41) is 8.94. The zero-order valence-corrected chi connectivity index (χ0v) is 18.5. The highest BCUT2D eigenvalue weighted by Gasteiger charge is 2.13. The second kappa shape index (κ2) is 9.24. The van der Waals surface area contributed by atoms with Gasteiger partial charge in [0.2, 0.25) is 27.6 Å². The van der Waals surface area contributed by atoms with Gasteiger partial charge in [0.1, 0.15) is 0 Å². The molecule has 32 heavy (non-hydrogen) atoms. The van der Waals surface area contributed by atoms with Crippen LogP contribution in [0.4, 0.5) is 10.8 Å². The number of benzene rings is 1. The minimum Gasteiger partial charge on any atom is -0.339 e. The van der Waals surface area contributed by atoms with Crippen molar-refractivity contribution in [2.24, 2.45) is 0 Å². The summed E-state index contributed by atoms with van der Waals surface area (Å²) in [6.45, 7) is 0. The van der Waals surface area contributed by atoms with Gasteiger partial charge in [-0.1, -0.05) is 17.3 Å². The van der Waals surface area contributed by atoms with Crippen LogP contribution in [0.2, 0.25) is 0 Å². The summed E-state index contributed by atoms with van der Waals surface area (Å²) >= 11 is 1.30. The fraction of sp³-hybridized carbons (Fsp3) is 0.150. The first-order chi connectivity index (χ1) is 15.4. The number of amides is 1. The Kier molecular flexibility index (Phi) is 6.23. The molecule has 4 rings (SSSR count). The Morgan fingerprint density at radius 2 is 1.94 bits per heavy atom. The van der Waals surface area contributed by atoms with Crippen LogP contribution < -0.4 is 10.0 Å². The van der Waals surface area contributed by atoms with Gasteiger partial charge in [0.05, 0.1) is 11.9 Å². The molecule has 12 heteroatoms. The second-order valence-electron chi connectivity index (χ2n) is 6.79. The smallest absolute Gasteiger partial charge is 0.229 e. The van der Waals surface area contributed by atoms with Crippen LogP contribution >= 0.6 is 11.3 Å². The fourth-order valence-electron chi connectivity index (χ4n) is 2.76. The Balaban J connectivity index is 1.32. The van der Waals surface area contributed by atoms with Crippen LogP contribution in [0.3, 0.4) is 0 Å². The molecule has 1 aromatic carbocycles. The summed E-state index contributed by atoms with van der Waals surface area (Å²) in [6, 6.07) is 10.4. The molecular weight excluding hydrogens is 452 g/mol. The molecule has 0 radical (unpaired) electrons. The van der Waals surface area contributed by atoms with E-state index in [1.54, 1.807) is 42.7 Å². The number of sulfonamides is 1. The molecule has 0 aliphatic carbocycles. The van der Waals surface area contributed by atoms with Gasteiger partial charge in [0.15, 0.2) is 5.13 Å². The molecule has 0 unspecified atom stereocenters. The molecule has 0 aliphatic heterocycles. The first kappa shape index (κ1) is 21.6. The third-order valence-electron chi connectivity index (χ3n) is 4.19.